The minimum absolute atomic E-state index is 0.0717. The molecule has 2 aromatic heterocycles. The van der Waals surface area contributed by atoms with E-state index in [0.29, 0.717) is 40.3 Å². The lowest BCUT2D eigenvalue weighted by molar-refractivity contribution is 0.0531. The Kier molecular flexibility index (Phi) is 7.22. The van der Waals surface area contributed by atoms with Crippen LogP contribution in [0.1, 0.15) is 55.6 Å². The van der Waals surface area contributed by atoms with Crippen LogP contribution in [-0.4, -0.2) is 30.6 Å². The monoisotopic (exact) mass is 582 g/mol. The number of fused-ring (bicyclic) bond motifs is 2. The molecule has 0 saturated heterocycles. The number of aromatic nitrogens is 1. The first-order valence-electron chi connectivity index (χ1n) is 13.3. The Hall–Kier alpha value is -4.96. The molecular weight excluding hydrogens is 556 g/mol. The Labute approximate surface area is 244 Å². The van der Waals surface area contributed by atoms with E-state index in [1.54, 1.807) is 56.3 Å². The topological polar surface area (TPSA) is 108 Å². The van der Waals surface area contributed by atoms with Crippen LogP contribution >= 0.6 is 11.3 Å². The van der Waals surface area contributed by atoms with Crippen LogP contribution in [0, 0.1) is 6.92 Å². The fourth-order valence-electron chi connectivity index (χ4n) is 5.01. The third-order valence-corrected chi connectivity index (χ3v) is 8.11. The largest absolute Gasteiger partial charge is 0.493 e. The predicted molar refractivity (Wildman–Crippen MR) is 158 cm³/mol. The highest BCUT2D eigenvalue weighted by molar-refractivity contribution is 7.17. The lowest BCUT2D eigenvalue weighted by atomic mass is 9.98. The number of hydrogen-bond acceptors (Lipinski definition) is 9. The standard InChI is InChI=1S/C32H26N2O7S/c1-4-39-31(37)29-18(2)33-32(42-29)34-26(25-27(35)21-12-8-9-13-22(21)41-28(25)30(34)36)20-14-15-23(24(16-20)38-3)40-17-19-10-6-5-7-11-19/h5-16,26H,4,17H2,1-3H3. The van der Waals surface area contributed by atoms with Gasteiger partial charge in [-0.05, 0) is 49.2 Å². The van der Waals surface area contributed by atoms with E-state index >= 15 is 0 Å². The number of amides is 1. The van der Waals surface area contributed by atoms with Gasteiger partial charge in [-0.2, -0.15) is 0 Å². The predicted octanol–water partition coefficient (Wildman–Crippen LogP) is 6.07. The number of hydrogen-bond donors (Lipinski definition) is 0. The van der Waals surface area contributed by atoms with Gasteiger partial charge in [0.1, 0.15) is 17.1 Å². The van der Waals surface area contributed by atoms with E-state index < -0.39 is 17.9 Å². The van der Waals surface area contributed by atoms with Crippen LogP contribution in [0.4, 0.5) is 5.13 Å². The van der Waals surface area contributed by atoms with Crippen LogP contribution in [0.3, 0.4) is 0 Å². The van der Waals surface area contributed by atoms with Gasteiger partial charge in [-0.1, -0.05) is 59.9 Å². The van der Waals surface area contributed by atoms with Gasteiger partial charge in [0.15, 0.2) is 22.1 Å². The summed E-state index contributed by atoms with van der Waals surface area (Å²) < 4.78 is 22.9. The number of nitrogens with zero attached hydrogens (tertiary/aromatic N) is 2. The average Bonchev–Trinajstić information content (AvgIpc) is 3.53. The summed E-state index contributed by atoms with van der Waals surface area (Å²) in [6.07, 6.45) is 0. The van der Waals surface area contributed by atoms with Crippen molar-refractivity contribution >= 4 is 39.3 Å². The van der Waals surface area contributed by atoms with Crippen molar-refractivity contribution in [2.75, 3.05) is 18.6 Å². The summed E-state index contributed by atoms with van der Waals surface area (Å²) in [5.41, 5.74) is 2.16. The van der Waals surface area contributed by atoms with E-state index in [4.69, 9.17) is 18.6 Å². The summed E-state index contributed by atoms with van der Waals surface area (Å²) in [5, 5.41) is 0.594. The number of esters is 1. The Balaban J connectivity index is 1.48. The maximum Gasteiger partial charge on any atom is 0.350 e. The second-order valence-corrected chi connectivity index (χ2v) is 10.5. The fourth-order valence-corrected chi connectivity index (χ4v) is 6.00. The zero-order valence-corrected chi connectivity index (χ0v) is 23.9. The number of carbonyl (C=O) groups is 2. The van der Waals surface area contributed by atoms with Crippen molar-refractivity contribution in [3.63, 3.8) is 0 Å². The first-order chi connectivity index (χ1) is 20.4. The highest BCUT2D eigenvalue weighted by Gasteiger charge is 2.45. The van der Waals surface area contributed by atoms with Gasteiger partial charge in [0.05, 0.1) is 36.4 Å². The molecule has 9 nitrogen and oxygen atoms in total. The van der Waals surface area contributed by atoms with E-state index in [1.165, 1.54) is 12.0 Å². The van der Waals surface area contributed by atoms with Crippen LogP contribution in [0.2, 0.25) is 0 Å². The molecule has 1 atom stereocenters. The van der Waals surface area contributed by atoms with E-state index in [1.807, 2.05) is 30.3 Å². The molecule has 0 saturated carbocycles. The maximum absolute atomic E-state index is 14.0. The number of ether oxygens (including phenoxy) is 3. The Bertz CT molecular complexity index is 1880. The number of aryl methyl sites for hydroxylation is 1. The molecular formula is C32H26N2O7S. The molecule has 212 valence electrons. The van der Waals surface area contributed by atoms with Crippen LogP contribution < -0.4 is 19.8 Å². The van der Waals surface area contributed by atoms with E-state index in [2.05, 4.69) is 4.98 Å². The summed E-state index contributed by atoms with van der Waals surface area (Å²) >= 11 is 1.03. The van der Waals surface area contributed by atoms with Crippen LogP contribution in [0.5, 0.6) is 11.5 Å². The molecule has 1 aliphatic heterocycles. The van der Waals surface area contributed by atoms with Crippen molar-refractivity contribution in [1.29, 1.82) is 0 Å². The summed E-state index contributed by atoms with van der Waals surface area (Å²) in [7, 11) is 1.53. The van der Waals surface area contributed by atoms with E-state index in [-0.39, 0.29) is 33.4 Å². The number of benzene rings is 3. The highest BCUT2D eigenvalue weighted by atomic mass is 32.1. The van der Waals surface area contributed by atoms with Gasteiger partial charge >= 0.3 is 5.97 Å². The molecule has 3 aromatic carbocycles. The van der Waals surface area contributed by atoms with Crippen molar-refractivity contribution in [2.45, 2.75) is 26.5 Å². The molecule has 1 unspecified atom stereocenters. The molecule has 0 N–H and O–H groups in total. The smallest absolute Gasteiger partial charge is 0.350 e. The molecule has 10 heteroatoms. The summed E-state index contributed by atoms with van der Waals surface area (Å²) in [6.45, 7) is 3.92. The van der Waals surface area contributed by atoms with Gasteiger partial charge in [-0.25, -0.2) is 9.78 Å². The minimum Gasteiger partial charge on any atom is -0.493 e. The molecule has 0 radical (unpaired) electrons. The van der Waals surface area contributed by atoms with Gasteiger partial charge < -0.3 is 18.6 Å². The molecule has 3 heterocycles. The van der Waals surface area contributed by atoms with Crippen LogP contribution in [-0.2, 0) is 11.3 Å². The first-order valence-corrected chi connectivity index (χ1v) is 14.1. The minimum atomic E-state index is -0.897. The van der Waals surface area contributed by atoms with Gasteiger partial charge in [-0.3, -0.25) is 14.5 Å². The maximum atomic E-state index is 14.0. The number of carbonyl (C=O) groups excluding carboxylic acids is 2. The molecule has 0 spiro atoms. The molecule has 1 aliphatic rings. The number of anilines is 1. The van der Waals surface area contributed by atoms with Crippen molar-refractivity contribution in [3.8, 4) is 11.5 Å². The molecule has 0 bridgehead atoms. The van der Waals surface area contributed by atoms with Crippen molar-refractivity contribution in [2.24, 2.45) is 0 Å². The lowest BCUT2D eigenvalue weighted by Crippen LogP contribution is -2.29. The third kappa shape index (κ3) is 4.69. The van der Waals surface area contributed by atoms with E-state index in [0.717, 1.165) is 16.9 Å². The number of rotatable bonds is 8. The Morgan fingerprint density at radius 1 is 1.02 bits per heavy atom. The fraction of sp³-hybridized carbons (Fsp3) is 0.188. The molecule has 5 aromatic rings. The number of thiazole rings is 1. The molecule has 0 fully saturated rings. The van der Waals surface area contributed by atoms with Crippen molar-refractivity contribution < 1.29 is 28.2 Å². The number of methoxy groups -OCH3 is 1. The molecule has 1 amide bonds. The van der Waals surface area contributed by atoms with Gasteiger partial charge in [0.2, 0.25) is 5.76 Å². The molecule has 42 heavy (non-hydrogen) atoms. The van der Waals surface area contributed by atoms with E-state index in [9.17, 15) is 14.4 Å². The van der Waals surface area contributed by atoms with Crippen molar-refractivity contribution in [3.05, 3.63) is 116 Å². The highest BCUT2D eigenvalue weighted by Crippen LogP contribution is 2.45. The molecule has 0 aliphatic carbocycles. The first kappa shape index (κ1) is 27.2. The zero-order valence-electron chi connectivity index (χ0n) is 23.1. The van der Waals surface area contributed by atoms with Crippen LogP contribution in [0.15, 0.2) is 82.0 Å². The Morgan fingerprint density at radius 2 is 1.79 bits per heavy atom. The van der Waals surface area contributed by atoms with Crippen molar-refractivity contribution in [1.82, 2.24) is 4.98 Å². The SMILES string of the molecule is CCOC(=O)c1sc(N2C(=O)c3oc4ccccc4c(=O)c3C2c2ccc(OCc3ccccc3)c(OC)c2)nc1C. The number of para-hydroxylation sites is 1. The normalized spacial score (nSPS) is 14.2. The average molecular weight is 583 g/mol. The lowest BCUT2D eigenvalue weighted by Gasteiger charge is -2.23. The second-order valence-electron chi connectivity index (χ2n) is 9.56. The summed E-state index contributed by atoms with van der Waals surface area (Å²) in [6, 6.07) is 20.9. The molecule has 6 rings (SSSR count). The van der Waals surface area contributed by atoms with Gasteiger partial charge in [0, 0.05) is 0 Å². The van der Waals surface area contributed by atoms with Gasteiger partial charge in [-0.15, -0.1) is 0 Å². The summed E-state index contributed by atoms with van der Waals surface area (Å²) in [5.74, 6) is -0.206. The Morgan fingerprint density at radius 3 is 2.55 bits per heavy atom. The van der Waals surface area contributed by atoms with Gasteiger partial charge in [0.25, 0.3) is 5.91 Å². The zero-order chi connectivity index (χ0) is 29.4. The van der Waals surface area contributed by atoms with Crippen LogP contribution in [0.25, 0.3) is 11.0 Å². The second kappa shape index (κ2) is 11.1. The summed E-state index contributed by atoms with van der Waals surface area (Å²) in [4.78, 5) is 46.7. The third-order valence-electron chi connectivity index (χ3n) is 6.97. The quantitative estimate of drug-likeness (QED) is 0.203.